The van der Waals surface area contributed by atoms with Crippen molar-refractivity contribution in [2.75, 3.05) is 0 Å². The Bertz CT molecular complexity index is 575. The van der Waals surface area contributed by atoms with Crippen molar-refractivity contribution >= 4 is 5.71 Å². The van der Waals surface area contributed by atoms with Crippen molar-refractivity contribution in [1.82, 2.24) is 0 Å². The quantitative estimate of drug-likeness (QED) is 0.328. The van der Waals surface area contributed by atoms with Crippen LogP contribution >= 0.6 is 0 Å². The topological polar surface area (TPSA) is 32.6 Å². The van der Waals surface area contributed by atoms with Crippen LogP contribution in [0.1, 0.15) is 49.3 Å². The summed E-state index contributed by atoms with van der Waals surface area (Å²) in [6.07, 6.45) is 5.99. The van der Waals surface area contributed by atoms with Gasteiger partial charge in [-0.1, -0.05) is 85.9 Å². The van der Waals surface area contributed by atoms with E-state index in [9.17, 15) is 5.21 Å². The first-order valence-corrected chi connectivity index (χ1v) is 7.72. The summed E-state index contributed by atoms with van der Waals surface area (Å²) >= 11 is 0. The van der Waals surface area contributed by atoms with E-state index in [0.717, 1.165) is 17.5 Å². The number of benzene rings is 2. The van der Waals surface area contributed by atoms with Crippen LogP contribution in [0.5, 0.6) is 0 Å². The molecule has 2 nitrogen and oxygen atoms in total. The molecule has 0 saturated heterocycles. The number of unbranched alkanes of at least 4 members (excludes halogenated alkanes) is 3. The molecule has 0 heterocycles. The molecule has 0 unspecified atom stereocenters. The Morgan fingerprint density at radius 1 is 0.905 bits per heavy atom. The van der Waals surface area contributed by atoms with Gasteiger partial charge in [0, 0.05) is 11.1 Å². The Labute approximate surface area is 127 Å². The third-order valence-electron chi connectivity index (χ3n) is 3.72. The van der Waals surface area contributed by atoms with Crippen molar-refractivity contribution in [3.8, 4) is 0 Å². The Kier molecular flexibility index (Phi) is 6.01. The van der Waals surface area contributed by atoms with Gasteiger partial charge in [-0.2, -0.15) is 0 Å². The van der Waals surface area contributed by atoms with E-state index in [1.54, 1.807) is 0 Å². The van der Waals surface area contributed by atoms with Crippen molar-refractivity contribution in [3.63, 3.8) is 0 Å². The molecule has 0 spiro atoms. The number of hydrogen-bond acceptors (Lipinski definition) is 2. The smallest absolute Gasteiger partial charge is 0.117 e. The van der Waals surface area contributed by atoms with Gasteiger partial charge in [0.2, 0.25) is 0 Å². The molecule has 110 valence electrons. The summed E-state index contributed by atoms with van der Waals surface area (Å²) in [6, 6.07) is 18.1. The van der Waals surface area contributed by atoms with Crippen molar-refractivity contribution < 1.29 is 5.21 Å². The Morgan fingerprint density at radius 3 is 2.33 bits per heavy atom. The van der Waals surface area contributed by atoms with Gasteiger partial charge in [-0.25, -0.2) is 0 Å². The number of nitrogens with zero attached hydrogens (tertiary/aromatic N) is 1. The van der Waals surface area contributed by atoms with Gasteiger partial charge in [-0.15, -0.1) is 0 Å². The average molecular weight is 281 g/mol. The molecule has 0 bridgehead atoms. The van der Waals surface area contributed by atoms with E-state index in [4.69, 9.17) is 0 Å². The predicted molar refractivity (Wildman–Crippen MR) is 88.2 cm³/mol. The van der Waals surface area contributed by atoms with Crippen molar-refractivity contribution in [1.29, 1.82) is 0 Å². The molecule has 0 amide bonds. The van der Waals surface area contributed by atoms with Gasteiger partial charge in [-0.05, 0) is 18.4 Å². The third-order valence-corrected chi connectivity index (χ3v) is 3.72. The van der Waals surface area contributed by atoms with Crippen molar-refractivity contribution in [2.24, 2.45) is 5.16 Å². The first-order chi connectivity index (χ1) is 10.4. The highest BCUT2D eigenvalue weighted by molar-refractivity contribution is 6.13. The summed E-state index contributed by atoms with van der Waals surface area (Å²) in [5.74, 6) is 0. The Morgan fingerprint density at radius 2 is 1.62 bits per heavy atom. The minimum atomic E-state index is 0.654. The molecule has 2 aromatic rings. The molecule has 0 fully saturated rings. The van der Waals surface area contributed by atoms with E-state index in [1.807, 2.05) is 42.5 Å². The SMILES string of the molecule is CCCCCCc1ccccc1C(=NO)c1ccccc1. The predicted octanol–water partition coefficient (Wildman–Crippen LogP) is 5.04. The molecular formula is C19H23NO. The van der Waals surface area contributed by atoms with E-state index in [-0.39, 0.29) is 0 Å². The van der Waals surface area contributed by atoms with E-state index < -0.39 is 0 Å². The lowest BCUT2D eigenvalue weighted by Gasteiger charge is -2.11. The van der Waals surface area contributed by atoms with Crippen LogP contribution < -0.4 is 0 Å². The van der Waals surface area contributed by atoms with Crippen LogP contribution in [0.3, 0.4) is 0 Å². The van der Waals surface area contributed by atoms with Crippen LogP contribution in [-0.2, 0) is 6.42 Å². The minimum absolute atomic E-state index is 0.654. The van der Waals surface area contributed by atoms with Crippen LogP contribution in [0.15, 0.2) is 59.8 Å². The fourth-order valence-corrected chi connectivity index (χ4v) is 2.57. The van der Waals surface area contributed by atoms with Gasteiger partial charge in [0.15, 0.2) is 0 Å². The highest BCUT2D eigenvalue weighted by Crippen LogP contribution is 2.18. The van der Waals surface area contributed by atoms with Crippen LogP contribution in [0.2, 0.25) is 0 Å². The maximum Gasteiger partial charge on any atom is 0.117 e. The molecule has 1 N–H and O–H groups in total. The summed E-state index contributed by atoms with van der Waals surface area (Å²) < 4.78 is 0. The molecular weight excluding hydrogens is 258 g/mol. The van der Waals surface area contributed by atoms with Crippen LogP contribution in [0, 0.1) is 0 Å². The van der Waals surface area contributed by atoms with E-state index in [0.29, 0.717) is 5.71 Å². The zero-order valence-electron chi connectivity index (χ0n) is 12.6. The lowest BCUT2D eigenvalue weighted by atomic mass is 9.94. The maximum absolute atomic E-state index is 9.45. The second-order valence-electron chi connectivity index (χ2n) is 5.28. The Hall–Kier alpha value is -2.09. The maximum atomic E-state index is 9.45. The summed E-state index contributed by atoms with van der Waals surface area (Å²) in [6.45, 7) is 2.22. The van der Waals surface area contributed by atoms with E-state index in [2.05, 4.69) is 24.2 Å². The third kappa shape index (κ3) is 4.19. The molecule has 0 radical (unpaired) electrons. The summed E-state index contributed by atoms with van der Waals surface area (Å²) in [5.41, 5.74) is 3.88. The van der Waals surface area contributed by atoms with E-state index in [1.165, 1.54) is 31.2 Å². The lowest BCUT2D eigenvalue weighted by Crippen LogP contribution is -2.07. The molecule has 0 aliphatic carbocycles. The molecule has 21 heavy (non-hydrogen) atoms. The standard InChI is InChI=1S/C19H23NO/c1-2-3-4-6-11-16-12-9-10-15-18(16)19(20-21)17-13-7-5-8-14-17/h5,7-10,12-15,21H,2-4,6,11H2,1H3. The molecule has 0 saturated carbocycles. The van der Waals surface area contributed by atoms with Gasteiger partial charge in [0.05, 0.1) is 0 Å². The van der Waals surface area contributed by atoms with Crippen LogP contribution in [-0.4, -0.2) is 10.9 Å². The summed E-state index contributed by atoms with van der Waals surface area (Å²) in [5, 5.41) is 13.0. The first-order valence-electron chi connectivity index (χ1n) is 7.72. The minimum Gasteiger partial charge on any atom is -0.410 e. The Balaban J connectivity index is 2.22. The van der Waals surface area contributed by atoms with Crippen LogP contribution in [0.25, 0.3) is 0 Å². The average Bonchev–Trinajstić information content (AvgIpc) is 2.55. The van der Waals surface area contributed by atoms with Gasteiger partial charge in [-0.3, -0.25) is 0 Å². The highest BCUT2D eigenvalue weighted by Gasteiger charge is 2.11. The second kappa shape index (κ2) is 8.25. The molecule has 2 rings (SSSR count). The number of aryl methyl sites for hydroxylation is 1. The molecule has 0 aliphatic rings. The number of oxime groups is 1. The largest absolute Gasteiger partial charge is 0.410 e. The normalized spacial score (nSPS) is 11.6. The number of rotatable bonds is 7. The zero-order chi connectivity index (χ0) is 14.9. The molecule has 2 heteroatoms. The second-order valence-corrected chi connectivity index (χ2v) is 5.28. The molecule has 0 aliphatic heterocycles. The van der Waals surface area contributed by atoms with Gasteiger partial charge in [0.1, 0.15) is 5.71 Å². The van der Waals surface area contributed by atoms with Crippen molar-refractivity contribution in [3.05, 3.63) is 71.3 Å². The molecule has 0 aromatic heterocycles. The highest BCUT2D eigenvalue weighted by atomic mass is 16.4. The lowest BCUT2D eigenvalue weighted by molar-refractivity contribution is 0.319. The number of hydrogen-bond donors (Lipinski definition) is 1. The summed E-state index contributed by atoms with van der Waals surface area (Å²) in [7, 11) is 0. The van der Waals surface area contributed by atoms with Gasteiger partial charge in [0.25, 0.3) is 0 Å². The van der Waals surface area contributed by atoms with Crippen LogP contribution in [0.4, 0.5) is 0 Å². The van der Waals surface area contributed by atoms with E-state index >= 15 is 0 Å². The fraction of sp³-hybridized carbons (Fsp3) is 0.316. The van der Waals surface area contributed by atoms with Gasteiger partial charge < -0.3 is 5.21 Å². The fourth-order valence-electron chi connectivity index (χ4n) is 2.57. The van der Waals surface area contributed by atoms with Gasteiger partial charge >= 0.3 is 0 Å². The summed E-state index contributed by atoms with van der Waals surface area (Å²) in [4.78, 5) is 0. The monoisotopic (exact) mass is 281 g/mol. The zero-order valence-corrected chi connectivity index (χ0v) is 12.6. The van der Waals surface area contributed by atoms with Crippen molar-refractivity contribution in [2.45, 2.75) is 39.0 Å². The molecule has 0 atom stereocenters. The molecule has 2 aromatic carbocycles. The first kappa shape index (κ1) is 15.3.